The maximum Gasteiger partial charge on any atom is 0.272 e. The summed E-state index contributed by atoms with van der Waals surface area (Å²) in [6.45, 7) is 3.15. The lowest BCUT2D eigenvalue weighted by Crippen LogP contribution is -2.32. The summed E-state index contributed by atoms with van der Waals surface area (Å²) in [5, 5.41) is 6.88. The maximum atomic E-state index is 11.9. The van der Waals surface area contributed by atoms with Crippen LogP contribution in [0.2, 0.25) is 0 Å². The van der Waals surface area contributed by atoms with Gasteiger partial charge in [-0.05, 0) is 32.3 Å². The fourth-order valence-corrected chi connectivity index (χ4v) is 2.64. The molecule has 2 aromatic heterocycles. The van der Waals surface area contributed by atoms with Gasteiger partial charge in [-0.2, -0.15) is 5.10 Å². The number of carbonyl (C=O) groups is 1. The molecule has 7 nitrogen and oxygen atoms in total. The first-order valence-electron chi connectivity index (χ1n) is 7.80. The van der Waals surface area contributed by atoms with Gasteiger partial charge in [-0.15, -0.1) is 0 Å². The Hall–Kier alpha value is -2.28. The Morgan fingerprint density at radius 1 is 1.39 bits per heavy atom. The minimum Gasteiger partial charge on any atom is -0.367 e. The lowest BCUT2D eigenvalue weighted by atomic mass is 9.95. The molecule has 1 amide bonds. The van der Waals surface area contributed by atoms with Crippen LogP contribution in [0.3, 0.4) is 0 Å². The van der Waals surface area contributed by atoms with Gasteiger partial charge >= 0.3 is 0 Å². The number of ether oxygens (including phenoxy) is 1. The van der Waals surface area contributed by atoms with E-state index in [0.717, 1.165) is 31.4 Å². The van der Waals surface area contributed by atoms with Crippen LogP contribution in [0.4, 0.5) is 0 Å². The Morgan fingerprint density at radius 2 is 2.17 bits per heavy atom. The van der Waals surface area contributed by atoms with E-state index >= 15 is 0 Å². The molecule has 122 valence electrons. The lowest BCUT2D eigenvalue weighted by molar-refractivity contribution is -0.0760. The molecule has 1 aliphatic rings. The zero-order chi connectivity index (χ0) is 16.3. The summed E-state index contributed by atoms with van der Waals surface area (Å²) in [6, 6.07) is 1.68. The Labute approximate surface area is 135 Å². The molecule has 7 heteroatoms. The van der Waals surface area contributed by atoms with Crippen LogP contribution in [0.5, 0.6) is 0 Å². The van der Waals surface area contributed by atoms with Crippen LogP contribution in [-0.4, -0.2) is 32.3 Å². The number of aromatic nitrogens is 4. The molecule has 3 rings (SSSR count). The van der Waals surface area contributed by atoms with Crippen LogP contribution in [0.1, 0.15) is 48.1 Å². The van der Waals surface area contributed by atoms with Crippen molar-refractivity contribution in [2.45, 2.75) is 38.3 Å². The molecule has 0 aromatic carbocycles. The van der Waals surface area contributed by atoms with Gasteiger partial charge in [0.25, 0.3) is 5.91 Å². The van der Waals surface area contributed by atoms with Crippen LogP contribution in [0.15, 0.2) is 24.7 Å². The summed E-state index contributed by atoms with van der Waals surface area (Å²) >= 11 is 0. The average Bonchev–Trinajstić information content (AvgIpc) is 3.00. The number of amides is 1. The first-order valence-corrected chi connectivity index (χ1v) is 7.80. The summed E-state index contributed by atoms with van der Waals surface area (Å²) < 4.78 is 7.44. The van der Waals surface area contributed by atoms with E-state index in [1.807, 2.05) is 6.92 Å². The molecule has 3 heterocycles. The quantitative estimate of drug-likeness (QED) is 0.926. The first-order chi connectivity index (χ1) is 11.1. The zero-order valence-electron chi connectivity index (χ0n) is 13.5. The number of hydrogen-bond donors (Lipinski definition) is 1. The van der Waals surface area contributed by atoms with E-state index in [1.165, 1.54) is 0 Å². The van der Waals surface area contributed by atoms with Gasteiger partial charge in [0.05, 0.1) is 0 Å². The summed E-state index contributed by atoms with van der Waals surface area (Å²) in [6.07, 6.45) is 8.36. The molecule has 1 aliphatic heterocycles. The largest absolute Gasteiger partial charge is 0.367 e. The molecule has 23 heavy (non-hydrogen) atoms. The second-order valence-electron chi connectivity index (χ2n) is 6.01. The number of nitrogens with one attached hydrogen (secondary N) is 1. The molecular weight excluding hydrogens is 294 g/mol. The van der Waals surface area contributed by atoms with Crippen LogP contribution in [-0.2, 0) is 23.9 Å². The summed E-state index contributed by atoms with van der Waals surface area (Å²) in [4.78, 5) is 20.8. The zero-order valence-corrected chi connectivity index (χ0v) is 13.5. The van der Waals surface area contributed by atoms with E-state index in [2.05, 4.69) is 20.4 Å². The highest BCUT2D eigenvalue weighted by molar-refractivity contribution is 5.92. The van der Waals surface area contributed by atoms with E-state index in [0.29, 0.717) is 18.1 Å². The molecule has 0 aliphatic carbocycles. The van der Waals surface area contributed by atoms with Crippen molar-refractivity contribution in [1.29, 1.82) is 0 Å². The van der Waals surface area contributed by atoms with Gasteiger partial charge in [0, 0.05) is 44.4 Å². The minimum atomic E-state index is -0.395. The van der Waals surface area contributed by atoms with Crippen molar-refractivity contribution in [1.82, 2.24) is 25.1 Å². The molecule has 0 spiro atoms. The number of aryl methyl sites for hydroxylation is 1. The molecule has 1 atom stereocenters. The second kappa shape index (κ2) is 6.45. The van der Waals surface area contributed by atoms with Gasteiger partial charge in [0.1, 0.15) is 11.3 Å². The second-order valence-corrected chi connectivity index (χ2v) is 6.01. The SMILES string of the molecule is Cn1ccc(C(=O)NCc2cnc([C@]3(C)CCCCO3)nc2)n1. The Bertz CT molecular complexity index is 674. The van der Waals surface area contributed by atoms with Crippen molar-refractivity contribution in [3.05, 3.63) is 41.7 Å². The van der Waals surface area contributed by atoms with Crippen molar-refractivity contribution in [2.75, 3.05) is 6.61 Å². The monoisotopic (exact) mass is 315 g/mol. The molecule has 0 saturated carbocycles. The lowest BCUT2D eigenvalue weighted by Gasteiger charge is -2.32. The number of hydrogen-bond acceptors (Lipinski definition) is 5. The van der Waals surface area contributed by atoms with Crippen molar-refractivity contribution < 1.29 is 9.53 Å². The molecule has 0 bridgehead atoms. The number of rotatable bonds is 4. The Morgan fingerprint density at radius 3 is 2.78 bits per heavy atom. The van der Waals surface area contributed by atoms with Crippen molar-refractivity contribution in [2.24, 2.45) is 7.05 Å². The van der Waals surface area contributed by atoms with E-state index < -0.39 is 5.60 Å². The molecule has 1 saturated heterocycles. The van der Waals surface area contributed by atoms with Gasteiger partial charge in [0.2, 0.25) is 0 Å². The topological polar surface area (TPSA) is 81.9 Å². The van der Waals surface area contributed by atoms with Crippen LogP contribution < -0.4 is 5.32 Å². The third-order valence-electron chi connectivity index (χ3n) is 4.05. The minimum absolute atomic E-state index is 0.211. The summed E-state index contributed by atoms with van der Waals surface area (Å²) in [7, 11) is 1.78. The predicted octanol–water partition coefficient (Wildman–Crippen LogP) is 1.56. The van der Waals surface area contributed by atoms with Crippen LogP contribution in [0, 0.1) is 0 Å². The smallest absolute Gasteiger partial charge is 0.272 e. The molecule has 2 aromatic rings. The first kappa shape index (κ1) is 15.6. The van der Waals surface area contributed by atoms with Gasteiger partial charge in [-0.3, -0.25) is 9.48 Å². The van der Waals surface area contributed by atoms with Crippen molar-refractivity contribution >= 4 is 5.91 Å². The highest BCUT2D eigenvalue weighted by atomic mass is 16.5. The normalized spacial score (nSPS) is 21.1. The van der Waals surface area contributed by atoms with Gasteiger partial charge in [-0.1, -0.05) is 0 Å². The molecule has 1 N–H and O–H groups in total. The molecular formula is C16H21N5O2. The van der Waals surface area contributed by atoms with Gasteiger partial charge in [-0.25, -0.2) is 9.97 Å². The number of nitrogens with zero attached hydrogens (tertiary/aromatic N) is 4. The summed E-state index contributed by atoms with van der Waals surface area (Å²) in [5.74, 6) is 0.495. The van der Waals surface area contributed by atoms with Gasteiger partial charge < -0.3 is 10.1 Å². The van der Waals surface area contributed by atoms with Crippen molar-refractivity contribution in [3.63, 3.8) is 0 Å². The van der Waals surface area contributed by atoms with Crippen LogP contribution >= 0.6 is 0 Å². The predicted molar refractivity (Wildman–Crippen MR) is 83.6 cm³/mol. The fourth-order valence-electron chi connectivity index (χ4n) is 2.64. The van der Waals surface area contributed by atoms with E-state index in [1.54, 1.807) is 36.4 Å². The molecule has 0 radical (unpaired) electrons. The van der Waals surface area contributed by atoms with E-state index in [9.17, 15) is 4.79 Å². The fraction of sp³-hybridized carbons (Fsp3) is 0.500. The average molecular weight is 315 g/mol. The third kappa shape index (κ3) is 3.56. The standard InChI is InChI=1S/C16H21N5O2/c1-16(6-3-4-8-23-16)15-18-10-12(11-19-15)9-17-14(22)13-5-7-21(2)20-13/h5,7,10-11H,3-4,6,8-9H2,1-2H3,(H,17,22)/t16-/m0/s1. The number of carbonyl (C=O) groups excluding carboxylic acids is 1. The van der Waals surface area contributed by atoms with Crippen LogP contribution in [0.25, 0.3) is 0 Å². The van der Waals surface area contributed by atoms with E-state index in [-0.39, 0.29) is 5.91 Å². The Balaban J connectivity index is 1.60. The highest BCUT2D eigenvalue weighted by Crippen LogP contribution is 2.32. The Kier molecular flexibility index (Phi) is 4.38. The van der Waals surface area contributed by atoms with Gasteiger partial charge in [0.15, 0.2) is 5.82 Å². The molecule has 0 unspecified atom stereocenters. The maximum absolute atomic E-state index is 11.9. The third-order valence-corrected chi connectivity index (χ3v) is 4.05. The highest BCUT2D eigenvalue weighted by Gasteiger charge is 2.32. The summed E-state index contributed by atoms with van der Waals surface area (Å²) in [5.41, 5.74) is 0.846. The molecule has 1 fully saturated rings. The van der Waals surface area contributed by atoms with Crippen molar-refractivity contribution in [3.8, 4) is 0 Å². The van der Waals surface area contributed by atoms with E-state index in [4.69, 9.17) is 4.74 Å².